The van der Waals surface area contributed by atoms with Crippen LogP contribution in [-0.2, 0) is 22.1 Å². The number of amides is 1. The highest BCUT2D eigenvalue weighted by molar-refractivity contribution is 7.86. The first kappa shape index (κ1) is 16.9. The number of aliphatic hydroxyl groups is 1. The monoisotopic (exact) mass is 343 g/mol. The summed E-state index contributed by atoms with van der Waals surface area (Å²) in [6.45, 7) is 0.372. The van der Waals surface area contributed by atoms with E-state index in [1.165, 1.54) is 0 Å². The van der Waals surface area contributed by atoms with Crippen LogP contribution in [0.1, 0.15) is 18.4 Å². The highest BCUT2D eigenvalue weighted by Crippen LogP contribution is 2.26. The molecular formula is C19H21NO3S. The van der Waals surface area contributed by atoms with Crippen molar-refractivity contribution in [1.82, 2.24) is 4.90 Å². The average molecular weight is 343 g/mol. The molecule has 1 fully saturated rings. The fraction of sp³-hybridized carbons (Fsp3) is 0.316. The second-order valence-electron chi connectivity index (χ2n) is 5.96. The Morgan fingerprint density at radius 3 is 2.25 bits per heavy atom. The maximum absolute atomic E-state index is 12.9. The molecule has 0 saturated carbocycles. The third-order valence-corrected chi connectivity index (χ3v) is 6.09. The van der Waals surface area contributed by atoms with Gasteiger partial charge in [0.2, 0.25) is 5.91 Å². The summed E-state index contributed by atoms with van der Waals surface area (Å²) in [7, 11) is -1.37. The van der Waals surface area contributed by atoms with Crippen molar-refractivity contribution in [3.63, 3.8) is 0 Å². The third kappa shape index (κ3) is 3.57. The molecule has 2 aromatic rings. The lowest BCUT2D eigenvalue weighted by Gasteiger charge is -2.38. The van der Waals surface area contributed by atoms with Crippen molar-refractivity contribution in [2.24, 2.45) is 0 Å². The van der Waals surface area contributed by atoms with Crippen molar-refractivity contribution in [1.29, 1.82) is 0 Å². The van der Waals surface area contributed by atoms with Gasteiger partial charge < -0.3 is 10.0 Å². The van der Waals surface area contributed by atoms with Gasteiger partial charge in [0.1, 0.15) is 5.25 Å². The molecule has 0 bridgehead atoms. The Morgan fingerprint density at radius 2 is 1.62 bits per heavy atom. The molecule has 3 rings (SSSR count). The van der Waals surface area contributed by atoms with Crippen LogP contribution < -0.4 is 0 Å². The van der Waals surface area contributed by atoms with Gasteiger partial charge in [-0.05, 0) is 30.5 Å². The largest absolute Gasteiger partial charge is 0.394 e. The molecule has 1 heterocycles. The van der Waals surface area contributed by atoms with Crippen molar-refractivity contribution < 1.29 is 14.1 Å². The quantitative estimate of drug-likeness (QED) is 0.907. The van der Waals surface area contributed by atoms with Gasteiger partial charge in [0, 0.05) is 11.4 Å². The highest BCUT2D eigenvalue weighted by atomic mass is 32.2. The maximum atomic E-state index is 12.9. The third-order valence-electron chi connectivity index (χ3n) is 4.40. The van der Waals surface area contributed by atoms with E-state index in [1.54, 1.807) is 17.0 Å². The number of nitrogens with zero attached hydrogens (tertiary/aromatic N) is 1. The van der Waals surface area contributed by atoms with Crippen LogP contribution in [0.3, 0.4) is 0 Å². The van der Waals surface area contributed by atoms with Gasteiger partial charge in [-0.3, -0.25) is 9.00 Å². The van der Waals surface area contributed by atoms with Crippen LogP contribution in [0.4, 0.5) is 0 Å². The predicted molar refractivity (Wildman–Crippen MR) is 93.7 cm³/mol. The number of piperidine rings is 1. The smallest absolute Gasteiger partial charge is 0.239 e. The molecule has 24 heavy (non-hydrogen) atoms. The van der Waals surface area contributed by atoms with E-state index in [1.807, 2.05) is 48.5 Å². The van der Waals surface area contributed by atoms with Crippen LogP contribution >= 0.6 is 0 Å². The normalized spacial score (nSPS) is 22.4. The van der Waals surface area contributed by atoms with Gasteiger partial charge in [-0.2, -0.15) is 0 Å². The first-order valence-corrected chi connectivity index (χ1v) is 9.33. The molecule has 0 radical (unpaired) electrons. The van der Waals surface area contributed by atoms with E-state index in [0.717, 1.165) is 5.56 Å². The maximum Gasteiger partial charge on any atom is 0.239 e. The Hall–Kier alpha value is -1.98. The van der Waals surface area contributed by atoms with Crippen LogP contribution in [0, 0.1) is 0 Å². The predicted octanol–water partition coefficient (Wildman–Crippen LogP) is 2.35. The number of benzene rings is 2. The van der Waals surface area contributed by atoms with Crippen molar-refractivity contribution in [2.45, 2.75) is 35.6 Å². The van der Waals surface area contributed by atoms with E-state index in [0.29, 0.717) is 24.3 Å². The molecule has 0 spiro atoms. The molecular weight excluding hydrogens is 322 g/mol. The van der Waals surface area contributed by atoms with Gasteiger partial charge in [0.15, 0.2) is 0 Å². The summed E-state index contributed by atoms with van der Waals surface area (Å²) in [4.78, 5) is 15.3. The fourth-order valence-corrected chi connectivity index (χ4v) is 4.51. The molecule has 5 heteroatoms. The SMILES string of the molecule is O=C1C(S(=O)c2ccccc2)CC[C@@H](CO)N1Cc1ccccc1. The van der Waals surface area contributed by atoms with Gasteiger partial charge in [-0.1, -0.05) is 48.5 Å². The Kier molecular flexibility index (Phi) is 5.43. The minimum atomic E-state index is -1.37. The van der Waals surface area contributed by atoms with Crippen LogP contribution in [0.2, 0.25) is 0 Å². The first-order chi connectivity index (χ1) is 11.7. The molecule has 4 nitrogen and oxygen atoms in total. The standard InChI is InChI=1S/C19H21NO3S/c21-14-16-11-12-18(24(23)17-9-5-2-6-10-17)19(22)20(16)13-15-7-3-1-4-8-15/h1-10,16,18,21H,11-14H2/t16-,18?,24?/m0/s1. The van der Waals surface area contributed by atoms with Crippen molar-refractivity contribution in [2.75, 3.05) is 6.61 Å². The summed E-state index contributed by atoms with van der Waals surface area (Å²) < 4.78 is 12.8. The van der Waals surface area contributed by atoms with E-state index in [9.17, 15) is 14.1 Å². The number of carbonyl (C=O) groups is 1. The number of likely N-dealkylation sites (tertiary alicyclic amines) is 1. The molecule has 1 aliphatic rings. The van der Waals surface area contributed by atoms with Crippen LogP contribution in [0.25, 0.3) is 0 Å². The molecule has 126 valence electrons. The Morgan fingerprint density at radius 1 is 1.00 bits per heavy atom. The number of rotatable bonds is 5. The number of aliphatic hydroxyl groups excluding tert-OH is 1. The molecule has 1 amide bonds. The van der Waals surface area contributed by atoms with Crippen molar-refractivity contribution >= 4 is 16.7 Å². The molecule has 2 unspecified atom stereocenters. The summed E-state index contributed by atoms with van der Waals surface area (Å²) in [5.41, 5.74) is 1.01. The second kappa shape index (κ2) is 7.73. The van der Waals surface area contributed by atoms with Gasteiger partial charge >= 0.3 is 0 Å². The molecule has 0 aliphatic carbocycles. The lowest BCUT2D eigenvalue weighted by atomic mass is 10.0. The van der Waals surface area contributed by atoms with E-state index >= 15 is 0 Å². The lowest BCUT2D eigenvalue weighted by molar-refractivity contribution is -0.137. The summed E-state index contributed by atoms with van der Waals surface area (Å²) in [5.74, 6) is -0.133. The zero-order valence-electron chi connectivity index (χ0n) is 13.4. The van der Waals surface area contributed by atoms with Crippen molar-refractivity contribution in [3.05, 3.63) is 66.2 Å². The van der Waals surface area contributed by atoms with Crippen molar-refractivity contribution in [3.8, 4) is 0 Å². The van der Waals surface area contributed by atoms with Gasteiger partial charge in [-0.25, -0.2) is 0 Å². The topological polar surface area (TPSA) is 57.6 Å². The van der Waals surface area contributed by atoms with E-state index in [2.05, 4.69) is 0 Å². The average Bonchev–Trinajstić information content (AvgIpc) is 2.64. The summed E-state index contributed by atoms with van der Waals surface area (Å²) in [6, 6.07) is 18.6. The zero-order chi connectivity index (χ0) is 16.9. The molecule has 1 N–H and O–H groups in total. The van der Waals surface area contributed by atoms with Crippen LogP contribution in [-0.4, -0.2) is 38.0 Å². The highest BCUT2D eigenvalue weighted by Gasteiger charge is 2.38. The van der Waals surface area contributed by atoms with E-state index in [4.69, 9.17) is 0 Å². The first-order valence-electron chi connectivity index (χ1n) is 8.11. The van der Waals surface area contributed by atoms with Gasteiger partial charge in [0.05, 0.1) is 23.4 Å². The Balaban J connectivity index is 1.81. The summed E-state index contributed by atoms with van der Waals surface area (Å²) in [6.07, 6.45) is 1.20. The van der Waals surface area contributed by atoms with Gasteiger partial charge in [-0.15, -0.1) is 0 Å². The molecule has 1 aliphatic heterocycles. The lowest BCUT2D eigenvalue weighted by Crippen LogP contribution is -2.52. The second-order valence-corrected chi connectivity index (χ2v) is 7.60. The zero-order valence-corrected chi connectivity index (χ0v) is 14.2. The Labute approximate surface area is 144 Å². The molecule has 3 atom stereocenters. The number of carbonyl (C=O) groups excluding carboxylic acids is 1. The molecule has 2 aromatic carbocycles. The van der Waals surface area contributed by atoms with E-state index in [-0.39, 0.29) is 18.6 Å². The number of hydrogen-bond acceptors (Lipinski definition) is 3. The Bertz CT molecular complexity index is 705. The summed E-state index contributed by atoms with van der Waals surface area (Å²) in [5, 5.41) is 9.09. The van der Waals surface area contributed by atoms with E-state index < -0.39 is 16.0 Å². The van der Waals surface area contributed by atoms with Gasteiger partial charge in [0.25, 0.3) is 0 Å². The molecule has 0 aromatic heterocycles. The minimum absolute atomic E-state index is 0.0662. The summed E-state index contributed by atoms with van der Waals surface area (Å²) >= 11 is 0. The fourth-order valence-electron chi connectivity index (χ4n) is 3.08. The minimum Gasteiger partial charge on any atom is -0.394 e. The number of hydrogen-bond donors (Lipinski definition) is 1. The molecule has 1 saturated heterocycles. The van der Waals surface area contributed by atoms with Crippen LogP contribution in [0.5, 0.6) is 0 Å². The van der Waals surface area contributed by atoms with Crippen LogP contribution in [0.15, 0.2) is 65.6 Å².